The Morgan fingerprint density at radius 2 is 1.70 bits per heavy atom. The second kappa shape index (κ2) is 6.37. The molecule has 0 unspecified atom stereocenters. The molecule has 112 valence electrons. The molecule has 1 aliphatic rings. The van der Waals surface area contributed by atoms with Gasteiger partial charge in [0.15, 0.2) is 0 Å². The Bertz CT molecular complexity index is 556. The molecular formula is C14H22N2O2S2. The standard InChI is InChI=1S/C14H22N2O2S2/c1-10-8-13(15-3)9-11(2)14(10)20(17,18)16-12-4-6-19-7-5-12/h8-9,12,15-16H,4-7H2,1-3H3. The maximum absolute atomic E-state index is 12.6. The molecule has 1 aromatic rings. The summed E-state index contributed by atoms with van der Waals surface area (Å²) in [6, 6.07) is 3.82. The average Bonchev–Trinajstić information content (AvgIpc) is 2.37. The number of rotatable bonds is 4. The molecule has 0 atom stereocenters. The summed E-state index contributed by atoms with van der Waals surface area (Å²) in [7, 11) is -1.60. The molecule has 6 heteroatoms. The Balaban J connectivity index is 2.29. The lowest BCUT2D eigenvalue weighted by atomic mass is 10.1. The van der Waals surface area contributed by atoms with Crippen molar-refractivity contribution in [1.29, 1.82) is 0 Å². The van der Waals surface area contributed by atoms with Crippen LogP contribution < -0.4 is 10.0 Å². The zero-order valence-corrected chi connectivity index (χ0v) is 13.8. The highest BCUT2D eigenvalue weighted by atomic mass is 32.2. The first-order valence-electron chi connectivity index (χ1n) is 6.83. The van der Waals surface area contributed by atoms with E-state index in [1.165, 1.54) is 0 Å². The van der Waals surface area contributed by atoms with Crippen molar-refractivity contribution < 1.29 is 8.42 Å². The molecule has 1 aromatic carbocycles. The van der Waals surface area contributed by atoms with Crippen LogP contribution in [0.25, 0.3) is 0 Å². The molecular weight excluding hydrogens is 292 g/mol. The number of benzene rings is 1. The summed E-state index contributed by atoms with van der Waals surface area (Å²) in [5.74, 6) is 2.06. The molecule has 0 aromatic heterocycles. The third-order valence-electron chi connectivity index (χ3n) is 3.56. The lowest BCUT2D eigenvalue weighted by Gasteiger charge is -2.23. The third-order valence-corrected chi connectivity index (χ3v) is 6.43. The van der Waals surface area contributed by atoms with Crippen LogP contribution >= 0.6 is 11.8 Å². The maximum Gasteiger partial charge on any atom is 0.241 e. The predicted octanol–water partition coefficient (Wildman–Crippen LogP) is 2.52. The van der Waals surface area contributed by atoms with E-state index in [1.807, 2.05) is 44.8 Å². The maximum atomic E-state index is 12.6. The predicted molar refractivity (Wildman–Crippen MR) is 86.1 cm³/mol. The third kappa shape index (κ3) is 3.48. The number of hydrogen-bond acceptors (Lipinski definition) is 4. The second-order valence-corrected chi connectivity index (χ2v) is 8.07. The van der Waals surface area contributed by atoms with Crippen LogP contribution in [0, 0.1) is 13.8 Å². The molecule has 1 fully saturated rings. The summed E-state index contributed by atoms with van der Waals surface area (Å²) >= 11 is 1.89. The van der Waals surface area contributed by atoms with E-state index < -0.39 is 10.0 Å². The highest BCUT2D eigenvalue weighted by molar-refractivity contribution is 7.99. The van der Waals surface area contributed by atoms with Crippen LogP contribution in [-0.4, -0.2) is 33.0 Å². The highest BCUT2D eigenvalue weighted by Crippen LogP contribution is 2.26. The van der Waals surface area contributed by atoms with E-state index in [2.05, 4.69) is 10.0 Å². The Labute approximate surface area is 125 Å². The van der Waals surface area contributed by atoms with E-state index >= 15 is 0 Å². The van der Waals surface area contributed by atoms with Crippen molar-refractivity contribution in [3.8, 4) is 0 Å². The Kier molecular flexibility index (Phi) is 4.99. The zero-order valence-electron chi connectivity index (χ0n) is 12.2. The fourth-order valence-electron chi connectivity index (χ4n) is 2.61. The van der Waals surface area contributed by atoms with Gasteiger partial charge in [0, 0.05) is 18.8 Å². The number of nitrogens with one attached hydrogen (secondary N) is 2. The molecule has 20 heavy (non-hydrogen) atoms. The van der Waals surface area contributed by atoms with Crippen molar-refractivity contribution >= 4 is 27.5 Å². The van der Waals surface area contributed by atoms with Crippen molar-refractivity contribution in [2.24, 2.45) is 0 Å². The monoisotopic (exact) mass is 314 g/mol. The van der Waals surface area contributed by atoms with Gasteiger partial charge >= 0.3 is 0 Å². The van der Waals surface area contributed by atoms with Crippen LogP contribution in [-0.2, 0) is 10.0 Å². The molecule has 2 rings (SSSR count). The fraction of sp³-hybridized carbons (Fsp3) is 0.571. The quantitative estimate of drug-likeness (QED) is 0.896. The minimum Gasteiger partial charge on any atom is -0.388 e. The number of thioether (sulfide) groups is 1. The van der Waals surface area contributed by atoms with Crippen LogP contribution in [0.1, 0.15) is 24.0 Å². The summed E-state index contributed by atoms with van der Waals surface area (Å²) < 4.78 is 28.1. The Hall–Kier alpha value is -0.720. The van der Waals surface area contributed by atoms with Gasteiger partial charge in [-0.1, -0.05) is 0 Å². The SMILES string of the molecule is CNc1cc(C)c(S(=O)(=O)NC2CCSCC2)c(C)c1. The van der Waals surface area contributed by atoms with Crippen molar-refractivity contribution in [2.45, 2.75) is 37.6 Å². The average molecular weight is 314 g/mol. The molecule has 0 aliphatic carbocycles. The van der Waals surface area contributed by atoms with Gasteiger partial charge in [0.25, 0.3) is 0 Å². The molecule has 0 radical (unpaired) electrons. The lowest BCUT2D eigenvalue weighted by molar-refractivity contribution is 0.528. The molecule has 1 saturated heterocycles. The molecule has 1 aliphatic heterocycles. The van der Waals surface area contributed by atoms with Gasteiger partial charge in [-0.25, -0.2) is 13.1 Å². The fourth-order valence-corrected chi connectivity index (χ4v) is 5.48. The summed E-state index contributed by atoms with van der Waals surface area (Å²) in [6.07, 6.45) is 1.83. The van der Waals surface area contributed by atoms with Crippen LogP contribution in [0.2, 0.25) is 0 Å². The normalized spacial score (nSPS) is 17.1. The molecule has 0 bridgehead atoms. The molecule has 0 spiro atoms. The topological polar surface area (TPSA) is 58.2 Å². The van der Waals surface area contributed by atoms with E-state index in [0.717, 1.165) is 41.2 Å². The Morgan fingerprint density at radius 1 is 1.15 bits per heavy atom. The molecule has 4 nitrogen and oxygen atoms in total. The van der Waals surface area contributed by atoms with E-state index in [1.54, 1.807) is 0 Å². The molecule has 0 saturated carbocycles. The van der Waals surface area contributed by atoms with Crippen LogP contribution in [0.3, 0.4) is 0 Å². The summed E-state index contributed by atoms with van der Waals surface area (Å²) in [6.45, 7) is 3.69. The van der Waals surface area contributed by atoms with Crippen LogP contribution in [0.4, 0.5) is 5.69 Å². The van der Waals surface area contributed by atoms with Gasteiger partial charge in [0.1, 0.15) is 0 Å². The minimum absolute atomic E-state index is 0.0732. The molecule has 1 heterocycles. The lowest BCUT2D eigenvalue weighted by Crippen LogP contribution is -2.37. The Morgan fingerprint density at radius 3 is 2.20 bits per heavy atom. The second-order valence-electron chi connectivity index (χ2n) is 5.20. The largest absolute Gasteiger partial charge is 0.388 e. The molecule has 2 N–H and O–H groups in total. The van der Waals surface area contributed by atoms with Gasteiger partial charge in [-0.2, -0.15) is 11.8 Å². The first-order valence-corrected chi connectivity index (χ1v) is 9.47. The van der Waals surface area contributed by atoms with Crippen molar-refractivity contribution in [3.63, 3.8) is 0 Å². The summed E-state index contributed by atoms with van der Waals surface area (Å²) in [4.78, 5) is 0.426. The van der Waals surface area contributed by atoms with Crippen molar-refractivity contribution in [1.82, 2.24) is 4.72 Å². The van der Waals surface area contributed by atoms with Gasteiger partial charge in [0.2, 0.25) is 10.0 Å². The van der Waals surface area contributed by atoms with E-state index in [-0.39, 0.29) is 6.04 Å². The van der Waals surface area contributed by atoms with Gasteiger partial charge in [-0.15, -0.1) is 0 Å². The van der Waals surface area contributed by atoms with Gasteiger partial charge in [-0.05, 0) is 61.5 Å². The minimum atomic E-state index is -3.43. The summed E-state index contributed by atoms with van der Waals surface area (Å²) in [5.41, 5.74) is 2.51. The number of anilines is 1. The van der Waals surface area contributed by atoms with Crippen LogP contribution in [0.5, 0.6) is 0 Å². The zero-order chi connectivity index (χ0) is 14.8. The van der Waals surface area contributed by atoms with Crippen molar-refractivity contribution in [2.75, 3.05) is 23.9 Å². The van der Waals surface area contributed by atoms with Gasteiger partial charge in [0.05, 0.1) is 4.90 Å². The summed E-state index contributed by atoms with van der Waals surface area (Å²) in [5, 5.41) is 3.05. The number of sulfonamides is 1. The smallest absolute Gasteiger partial charge is 0.241 e. The van der Waals surface area contributed by atoms with Gasteiger partial charge in [-0.3, -0.25) is 0 Å². The van der Waals surface area contributed by atoms with E-state index in [9.17, 15) is 8.42 Å². The van der Waals surface area contributed by atoms with E-state index in [4.69, 9.17) is 0 Å². The highest BCUT2D eigenvalue weighted by Gasteiger charge is 2.25. The van der Waals surface area contributed by atoms with Crippen molar-refractivity contribution in [3.05, 3.63) is 23.3 Å². The van der Waals surface area contributed by atoms with E-state index in [0.29, 0.717) is 4.90 Å². The molecule has 0 amide bonds. The first-order chi connectivity index (χ1) is 9.44. The first kappa shape index (κ1) is 15.7. The number of hydrogen-bond donors (Lipinski definition) is 2. The van der Waals surface area contributed by atoms with Gasteiger partial charge < -0.3 is 5.32 Å². The number of aryl methyl sites for hydroxylation is 2. The van der Waals surface area contributed by atoms with Crippen LogP contribution in [0.15, 0.2) is 17.0 Å².